The number of carbonyl (C=O) groups excluding carboxylic acids is 4. The van der Waals surface area contributed by atoms with Crippen LogP contribution in [0.1, 0.15) is 31.9 Å². The number of alkyl carbamates (subject to hydrolysis) is 1. The highest BCUT2D eigenvalue weighted by Crippen LogP contribution is 2.25. The maximum atomic E-state index is 13.0. The lowest BCUT2D eigenvalue weighted by Crippen LogP contribution is -2.56. The van der Waals surface area contributed by atoms with Crippen LogP contribution in [0.2, 0.25) is 10.0 Å². The van der Waals surface area contributed by atoms with Crippen LogP contribution >= 0.6 is 23.2 Å². The normalized spacial score (nSPS) is 13.9. The minimum Gasteiger partial charge on any atom is -0.481 e. The average Bonchev–Trinajstić information content (AvgIpc) is 2.92. The van der Waals surface area contributed by atoms with Gasteiger partial charge < -0.3 is 30.9 Å². The second kappa shape index (κ2) is 16.1. The molecule has 41 heavy (non-hydrogen) atoms. The number of carbonyl (C=O) groups is 5. The third-order valence-corrected chi connectivity index (χ3v) is 6.78. The summed E-state index contributed by atoms with van der Waals surface area (Å²) in [6.45, 7) is 3.82. The molecule has 2 unspecified atom stereocenters. The quantitative estimate of drug-likeness (QED) is 0.221. The zero-order valence-electron chi connectivity index (χ0n) is 22.8. The number of halogens is 2. The Morgan fingerprint density at radius 2 is 1.51 bits per heavy atom. The van der Waals surface area contributed by atoms with Gasteiger partial charge in [0.1, 0.15) is 25.2 Å². The Balaban J connectivity index is 1.97. The number of nitrogens with two attached hydrogens (primary N) is 1. The fourth-order valence-electron chi connectivity index (χ4n) is 3.73. The van der Waals surface area contributed by atoms with Gasteiger partial charge in [0.05, 0.1) is 18.7 Å². The molecule has 2 rings (SSSR count). The SMILES string of the molecule is CC(C)[C@H](NC(=O)OCc1ccccc1)C(=O)N[C@@H](C)C(=O)C(C(=O)O)C(N)C(=O)COCc1c(Cl)cccc1Cl. The van der Waals surface area contributed by atoms with Crippen LogP contribution in [0.15, 0.2) is 48.5 Å². The Hall–Kier alpha value is -3.51. The third-order valence-electron chi connectivity index (χ3n) is 6.08. The number of carboxylic acid groups (broad SMARTS) is 1. The van der Waals surface area contributed by atoms with E-state index < -0.39 is 66.1 Å². The van der Waals surface area contributed by atoms with Gasteiger partial charge in [-0.05, 0) is 30.5 Å². The second-order valence-corrected chi connectivity index (χ2v) is 10.4. The molecular formula is C28H33Cl2N3O8. The van der Waals surface area contributed by atoms with Gasteiger partial charge in [-0.2, -0.15) is 0 Å². The number of amides is 2. The Labute approximate surface area is 247 Å². The van der Waals surface area contributed by atoms with E-state index in [0.717, 1.165) is 5.56 Å². The van der Waals surface area contributed by atoms with Crippen molar-refractivity contribution in [3.8, 4) is 0 Å². The van der Waals surface area contributed by atoms with Crippen LogP contribution in [-0.2, 0) is 41.9 Å². The van der Waals surface area contributed by atoms with Gasteiger partial charge in [0.25, 0.3) is 0 Å². The molecule has 0 aliphatic carbocycles. The minimum atomic E-state index is -1.97. The summed E-state index contributed by atoms with van der Waals surface area (Å²) in [7, 11) is 0. The highest BCUT2D eigenvalue weighted by molar-refractivity contribution is 6.35. The van der Waals surface area contributed by atoms with Crippen LogP contribution in [0.25, 0.3) is 0 Å². The fraction of sp³-hybridized carbons (Fsp3) is 0.393. The van der Waals surface area contributed by atoms with Crippen molar-refractivity contribution < 1.29 is 38.6 Å². The summed E-state index contributed by atoms with van der Waals surface area (Å²) in [5.41, 5.74) is 7.03. The highest BCUT2D eigenvalue weighted by Gasteiger charge is 2.40. The Kier molecular flexibility index (Phi) is 13.2. The molecule has 2 amide bonds. The molecule has 5 N–H and O–H groups in total. The molecule has 0 fully saturated rings. The van der Waals surface area contributed by atoms with Gasteiger partial charge in [0, 0.05) is 15.6 Å². The average molecular weight is 610 g/mol. The standard InChI is InChI=1S/C28H33Cl2N3O8/c1-15(2)24(33-28(39)41-12-17-8-5-4-6-9-17)26(36)32-16(3)25(35)22(27(37)38)23(31)21(34)14-40-13-18-19(29)10-7-11-20(18)30/h4-11,15-16,22-24H,12-14,31H2,1-3H3,(H,32,36)(H,33,39)(H,37,38)/t16-,22?,23?,24-/m0/s1. The predicted molar refractivity (Wildman–Crippen MR) is 151 cm³/mol. The molecule has 0 bridgehead atoms. The first-order valence-electron chi connectivity index (χ1n) is 12.7. The van der Waals surface area contributed by atoms with Crippen LogP contribution in [0.5, 0.6) is 0 Å². The molecule has 222 valence electrons. The number of aliphatic carboxylic acids is 1. The summed E-state index contributed by atoms with van der Waals surface area (Å²) in [5, 5.41) is 15.2. The molecule has 0 radical (unpaired) electrons. The van der Waals surface area contributed by atoms with Gasteiger partial charge in [-0.1, -0.05) is 73.4 Å². The van der Waals surface area contributed by atoms with Crippen LogP contribution in [0, 0.1) is 11.8 Å². The van der Waals surface area contributed by atoms with Crippen molar-refractivity contribution in [2.24, 2.45) is 17.6 Å². The van der Waals surface area contributed by atoms with E-state index >= 15 is 0 Å². The van der Waals surface area contributed by atoms with Crippen molar-refractivity contribution >= 4 is 52.7 Å². The number of hydrogen-bond donors (Lipinski definition) is 4. The van der Waals surface area contributed by atoms with Crippen LogP contribution in [-0.4, -0.2) is 59.4 Å². The lowest BCUT2D eigenvalue weighted by molar-refractivity contribution is -0.151. The van der Waals surface area contributed by atoms with Crippen molar-refractivity contribution in [1.82, 2.24) is 10.6 Å². The van der Waals surface area contributed by atoms with Crippen molar-refractivity contribution in [3.05, 3.63) is 69.7 Å². The minimum absolute atomic E-state index is 0.0185. The molecule has 2 aromatic carbocycles. The van der Waals surface area contributed by atoms with Crippen LogP contribution < -0.4 is 16.4 Å². The third kappa shape index (κ3) is 10.1. The zero-order valence-corrected chi connectivity index (χ0v) is 24.3. The van der Waals surface area contributed by atoms with Crippen molar-refractivity contribution in [2.75, 3.05) is 6.61 Å². The fourth-order valence-corrected chi connectivity index (χ4v) is 4.24. The molecule has 0 spiro atoms. The lowest BCUT2D eigenvalue weighted by Gasteiger charge is -2.25. The van der Waals surface area contributed by atoms with E-state index in [1.54, 1.807) is 56.3 Å². The van der Waals surface area contributed by atoms with Crippen molar-refractivity contribution in [1.29, 1.82) is 0 Å². The molecule has 13 heteroatoms. The largest absolute Gasteiger partial charge is 0.481 e. The van der Waals surface area contributed by atoms with E-state index in [1.165, 1.54) is 6.92 Å². The summed E-state index contributed by atoms with van der Waals surface area (Å²) in [6.07, 6.45) is -0.851. The molecule has 0 aliphatic rings. The number of ether oxygens (including phenoxy) is 2. The van der Waals surface area contributed by atoms with Crippen LogP contribution in [0.3, 0.4) is 0 Å². The van der Waals surface area contributed by atoms with Gasteiger partial charge in [-0.25, -0.2) is 4.79 Å². The number of hydrogen-bond acceptors (Lipinski definition) is 8. The van der Waals surface area contributed by atoms with E-state index in [4.69, 9.17) is 38.4 Å². The number of benzene rings is 2. The van der Waals surface area contributed by atoms with E-state index in [9.17, 15) is 29.1 Å². The summed E-state index contributed by atoms with van der Waals surface area (Å²) < 4.78 is 10.5. The van der Waals surface area contributed by atoms with E-state index in [-0.39, 0.29) is 13.2 Å². The predicted octanol–water partition coefficient (Wildman–Crippen LogP) is 3.13. The maximum Gasteiger partial charge on any atom is 0.408 e. The highest BCUT2D eigenvalue weighted by atomic mass is 35.5. The molecule has 0 aliphatic heterocycles. The van der Waals surface area contributed by atoms with Gasteiger partial charge in [-0.3, -0.25) is 19.2 Å². The van der Waals surface area contributed by atoms with Crippen molar-refractivity contribution in [2.45, 2.75) is 52.1 Å². The Morgan fingerprint density at radius 1 is 0.902 bits per heavy atom. The second-order valence-electron chi connectivity index (χ2n) is 9.56. The lowest BCUT2D eigenvalue weighted by atomic mass is 9.89. The maximum absolute atomic E-state index is 13.0. The molecule has 0 aromatic heterocycles. The molecule has 11 nitrogen and oxygen atoms in total. The number of Topliss-reactive ketones (excluding diaryl/α,β-unsaturated/α-hetero) is 2. The monoisotopic (exact) mass is 609 g/mol. The number of rotatable bonds is 15. The van der Waals surface area contributed by atoms with E-state index in [2.05, 4.69) is 10.6 Å². The first kappa shape index (κ1) is 33.7. The summed E-state index contributed by atoms with van der Waals surface area (Å²) in [5.74, 6) is -6.63. The number of ketones is 2. The molecule has 0 saturated carbocycles. The molecule has 0 saturated heterocycles. The first-order valence-corrected chi connectivity index (χ1v) is 13.4. The number of nitrogens with one attached hydrogen (secondary N) is 2. The summed E-state index contributed by atoms with van der Waals surface area (Å²) in [4.78, 5) is 62.7. The summed E-state index contributed by atoms with van der Waals surface area (Å²) >= 11 is 12.1. The Bertz CT molecular complexity index is 1220. The number of carboxylic acids is 1. The van der Waals surface area contributed by atoms with Gasteiger partial charge >= 0.3 is 12.1 Å². The summed E-state index contributed by atoms with van der Waals surface area (Å²) in [6, 6.07) is 9.51. The molecule has 0 heterocycles. The smallest absolute Gasteiger partial charge is 0.408 e. The zero-order chi connectivity index (χ0) is 30.7. The topological polar surface area (TPSA) is 174 Å². The first-order chi connectivity index (χ1) is 19.3. The van der Waals surface area contributed by atoms with E-state index in [0.29, 0.717) is 15.6 Å². The molecule has 4 atom stereocenters. The van der Waals surface area contributed by atoms with Gasteiger partial charge in [-0.15, -0.1) is 0 Å². The van der Waals surface area contributed by atoms with Gasteiger partial charge in [0.2, 0.25) is 5.91 Å². The molecular weight excluding hydrogens is 577 g/mol. The molecule has 2 aromatic rings. The Morgan fingerprint density at radius 3 is 2.07 bits per heavy atom. The van der Waals surface area contributed by atoms with Crippen LogP contribution in [0.4, 0.5) is 4.79 Å². The van der Waals surface area contributed by atoms with Crippen molar-refractivity contribution in [3.63, 3.8) is 0 Å². The van der Waals surface area contributed by atoms with Gasteiger partial charge in [0.15, 0.2) is 11.6 Å². The van der Waals surface area contributed by atoms with E-state index in [1.807, 2.05) is 6.07 Å².